The average molecular weight is 177 g/mol. The lowest BCUT2D eigenvalue weighted by Gasteiger charge is -1.90. The van der Waals surface area contributed by atoms with Crippen LogP contribution in [0.15, 0.2) is 33.5 Å². The summed E-state index contributed by atoms with van der Waals surface area (Å²) in [5, 5.41) is 2.94. The van der Waals surface area contributed by atoms with Crippen molar-refractivity contribution in [2.45, 2.75) is 6.92 Å². The van der Waals surface area contributed by atoms with Gasteiger partial charge in [-0.2, -0.15) is 0 Å². The first-order valence-electron chi connectivity index (χ1n) is 3.55. The summed E-state index contributed by atoms with van der Waals surface area (Å²) in [5.74, 6) is -0.0436. The highest BCUT2D eigenvalue weighted by molar-refractivity contribution is 5.97. The summed E-state index contributed by atoms with van der Waals surface area (Å²) in [4.78, 5) is 13.3. The molecule has 0 bridgehead atoms. The van der Waals surface area contributed by atoms with E-state index in [1.807, 2.05) is 0 Å². The number of rotatable bonds is 2. The molecule has 1 amide bonds. The van der Waals surface area contributed by atoms with Crippen LogP contribution in [-0.2, 0) is 4.79 Å². The predicted molar refractivity (Wildman–Crippen MR) is 46.5 cm³/mol. The normalized spacial score (nSPS) is 10.7. The molecular formula is C8H7N3O2. The van der Waals surface area contributed by atoms with Crippen molar-refractivity contribution in [3.8, 4) is 0 Å². The third kappa shape index (κ3) is 2.50. The lowest BCUT2D eigenvalue weighted by Crippen LogP contribution is -1.91. The van der Waals surface area contributed by atoms with Crippen molar-refractivity contribution < 1.29 is 9.21 Å². The zero-order valence-corrected chi connectivity index (χ0v) is 6.97. The summed E-state index contributed by atoms with van der Waals surface area (Å²) in [5.41, 5.74) is 8.34. The smallest absolute Gasteiger partial charge is 0.245 e. The number of carbonyl (C=O) groups excluding carboxylic acids is 1. The minimum Gasteiger partial charge on any atom is -0.465 e. The number of azide groups is 1. The van der Waals surface area contributed by atoms with Gasteiger partial charge in [-0.25, -0.2) is 0 Å². The molecule has 5 nitrogen and oxygen atoms in total. The molecule has 0 fully saturated rings. The SMILES string of the molecule is C/C(=C\c1ccco1)C(=O)N=[N+]=[N-]. The van der Waals surface area contributed by atoms with Gasteiger partial charge in [-0.3, -0.25) is 4.79 Å². The molecule has 13 heavy (non-hydrogen) atoms. The van der Waals surface area contributed by atoms with Gasteiger partial charge in [0.1, 0.15) is 5.76 Å². The standard InChI is InChI=1S/C8H7N3O2/c1-6(8(12)10-11-9)5-7-3-2-4-13-7/h2-5H,1H3/b6-5+. The van der Waals surface area contributed by atoms with Gasteiger partial charge in [-0.05, 0) is 35.8 Å². The van der Waals surface area contributed by atoms with Gasteiger partial charge in [-0.1, -0.05) is 0 Å². The Morgan fingerprint density at radius 2 is 2.54 bits per heavy atom. The lowest BCUT2D eigenvalue weighted by molar-refractivity contribution is -0.114. The first kappa shape index (κ1) is 9.09. The maximum atomic E-state index is 10.9. The van der Waals surface area contributed by atoms with E-state index in [4.69, 9.17) is 9.95 Å². The zero-order valence-electron chi connectivity index (χ0n) is 6.97. The molecule has 0 aliphatic rings. The van der Waals surface area contributed by atoms with Gasteiger partial charge in [0, 0.05) is 10.5 Å². The van der Waals surface area contributed by atoms with Gasteiger partial charge in [0.05, 0.1) is 6.26 Å². The van der Waals surface area contributed by atoms with E-state index in [2.05, 4.69) is 10.0 Å². The van der Waals surface area contributed by atoms with E-state index in [0.29, 0.717) is 11.3 Å². The van der Waals surface area contributed by atoms with Crippen LogP contribution in [0.5, 0.6) is 0 Å². The minimum atomic E-state index is -0.598. The molecule has 0 saturated carbocycles. The van der Waals surface area contributed by atoms with Crippen LogP contribution < -0.4 is 0 Å². The number of amides is 1. The maximum Gasteiger partial charge on any atom is 0.245 e. The second kappa shape index (κ2) is 4.13. The number of furan rings is 1. The fraction of sp³-hybridized carbons (Fsp3) is 0.125. The van der Waals surface area contributed by atoms with Crippen LogP contribution in [0.4, 0.5) is 0 Å². The molecule has 0 unspecified atom stereocenters. The van der Waals surface area contributed by atoms with Crippen LogP contribution in [0.2, 0.25) is 0 Å². The zero-order chi connectivity index (χ0) is 9.68. The molecule has 1 aromatic rings. The molecule has 1 rings (SSSR count). The van der Waals surface area contributed by atoms with E-state index in [9.17, 15) is 4.79 Å². The summed E-state index contributed by atoms with van der Waals surface area (Å²) in [6.07, 6.45) is 3.01. The van der Waals surface area contributed by atoms with E-state index in [1.54, 1.807) is 19.1 Å². The summed E-state index contributed by atoms with van der Waals surface area (Å²) in [6, 6.07) is 3.41. The third-order valence-electron chi connectivity index (χ3n) is 1.37. The quantitative estimate of drug-likeness (QED) is 0.301. The summed E-state index contributed by atoms with van der Waals surface area (Å²) in [7, 11) is 0. The molecule has 0 atom stereocenters. The highest BCUT2D eigenvalue weighted by atomic mass is 16.3. The van der Waals surface area contributed by atoms with Crippen LogP contribution in [0, 0.1) is 0 Å². The maximum absolute atomic E-state index is 10.9. The van der Waals surface area contributed by atoms with Crippen LogP contribution >= 0.6 is 0 Å². The second-order valence-electron chi connectivity index (χ2n) is 2.34. The van der Waals surface area contributed by atoms with Crippen LogP contribution in [0.1, 0.15) is 12.7 Å². The number of carbonyl (C=O) groups is 1. The van der Waals surface area contributed by atoms with Crippen molar-refractivity contribution in [1.82, 2.24) is 0 Å². The van der Waals surface area contributed by atoms with Crippen molar-refractivity contribution in [2.75, 3.05) is 0 Å². The molecule has 1 aromatic heterocycles. The molecule has 0 saturated heterocycles. The van der Waals surface area contributed by atoms with E-state index in [-0.39, 0.29) is 0 Å². The van der Waals surface area contributed by atoms with Gasteiger partial charge in [0.15, 0.2) is 0 Å². The molecule has 0 spiro atoms. The van der Waals surface area contributed by atoms with E-state index >= 15 is 0 Å². The van der Waals surface area contributed by atoms with Gasteiger partial charge in [-0.15, -0.1) is 0 Å². The fourth-order valence-electron chi connectivity index (χ4n) is 0.768. The number of hydrogen-bond acceptors (Lipinski definition) is 2. The molecular weight excluding hydrogens is 170 g/mol. The summed E-state index contributed by atoms with van der Waals surface area (Å²) in [6.45, 7) is 1.56. The summed E-state index contributed by atoms with van der Waals surface area (Å²) >= 11 is 0. The van der Waals surface area contributed by atoms with Gasteiger partial charge in [0.2, 0.25) is 5.91 Å². The molecule has 5 heteroatoms. The molecule has 66 valence electrons. The largest absolute Gasteiger partial charge is 0.465 e. The van der Waals surface area contributed by atoms with Gasteiger partial charge < -0.3 is 4.42 Å². The van der Waals surface area contributed by atoms with Gasteiger partial charge >= 0.3 is 0 Å². The van der Waals surface area contributed by atoms with Crippen molar-refractivity contribution in [2.24, 2.45) is 5.11 Å². The van der Waals surface area contributed by atoms with E-state index < -0.39 is 5.91 Å². The molecule has 1 heterocycles. The third-order valence-corrected chi connectivity index (χ3v) is 1.37. The van der Waals surface area contributed by atoms with Crippen LogP contribution in [0.25, 0.3) is 16.5 Å². The van der Waals surface area contributed by atoms with E-state index in [1.165, 1.54) is 12.3 Å². The highest BCUT2D eigenvalue weighted by Crippen LogP contribution is 2.07. The van der Waals surface area contributed by atoms with Crippen molar-refractivity contribution >= 4 is 12.0 Å². The summed E-state index contributed by atoms with van der Waals surface area (Å²) < 4.78 is 4.97. The monoisotopic (exact) mass is 177 g/mol. The topological polar surface area (TPSA) is 79.0 Å². The molecule has 0 aliphatic heterocycles. The Hall–Kier alpha value is -2.00. The molecule has 0 N–H and O–H groups in total. The minimum absolute atomic E-state index is 0.341. The predicted octanol–water partition coefficient (Wildman–Crippen LogP) is 2.52. The van der Waals surface area contributed by atoms with E-state index in [0.717, 1.165) is 0 Å². The second-order valence-corrected chi connectivity index (χ2v) is 2.34. The molecule has 0 aliphatic carbocycles. The number of nitrogens with zero attached hydrogens (tertiary/aromatic N) is 3. The Kier molecular flexibility index (Phi) is 2.89. The number of hydrogen-bond donors (Lipinski definition) is 0. The van der Waals surface area contributed by atoms with Crippen LogP contribution in [0.3, 0.4) is 0 Å². The average Bonchev–Trinajstić information content (AvgIpc) is 2.57. The molecule has 0 aromatic carbocycles. The Bertz CT molecular complexity index is 372. The van der Waals surface area contributed by atoms with Crippen LogP contribution in [-0.4, -0.2) is 5.91 Å². The van der Waals surface area contributed by atoms with Crippen molar-refractivity contribution in [3.63, 3.8) is 0 Å². The Balaban J connectivity index is 2.83. The highest BCUT2D eigenvalue weighted by Gasteiger charge is 2.01. The fourth-order valence-corrected chi connectivity index (χ4v) is 0.768. The van der Waals surface area contributed by atoms with Crippen molar-refractivity contribution in [3.05, 3.63) is 40.2 Å². The Morgan fingerprint density at radius 1 is 1.77 bits per heavy atom. The molecule has 0 radical (unpaired) electrons. The first-order valence-corrected chi connectivity index (χ1v) is 3.55. The first-order chi connectivity index (χ1) is 6.24. The lowest BCUT2D eigenvalue weighted by atomic mass is 10.2. The Morgan fingerprint density at radius 3 is 3.08 bits per heavy atom. The van der Waals surface area contributed by atoms with Crippen molar-refractivity contribution in [1.29, 1.82) is 0 Å². The van der Waals surface area contributed by atoms with Gasteiger partial charge in [0.25, 0.3) is 0 Å². The Labute approximate surface area is 74.3 Å².